The van der Waals surface area contributed by atoms with Gasteiger partial charge in [0, 0.05) is 32.0 Å². The molecule has 3 heterocycles. The van der Waals surface area contributed by atoms with Crippen molar-refractivity contribution in [1.82, 2.24) is 25.4 Å². The molecule has 0 spiro atoms. The molecule has 0 radical (unpaired) electrons. The normalized spacial score (nSPS) is 22.4. The van der Waals surface area contributed by atoms with Crippen molar-refractivity contribution < 1.29 is 9.53 Å². The molecule has 1 saturated heterocycles. The Hall–Kier alpha value is -1.47. The maximum absolute atomic E-state index is 12.0. The summed E-state index contributed by atoms with van der Waals surface area (Å²) in [5.41, 5.74) is 0. The maximum atomic E-state index is 12.0. The number of aromatic nitrogens is 3. The number of carbonyl (C=O) groups excluding carboxylic acids is 1. The van der Waals surface area contributed by atoms with Crippen LogP contribution < -0.4 is 10.6 Å². The van der Waals surface area contributed by atoms with Gasteiger partial charge >= 0.3 is 0 Å². The van der Waals surface area contributed by atoms with Crippen LogP contribution in [0.5, 0.6) is 0 Å². The molecule has 21 heavy (non-hydrogen) atoms. The summed E-state index contributed by atoms with van der Waals surface area (Å²) in [6.45, 7) is 3.57. The first kappa shape index (κ1) is 14.5. The number of carbonyl (C=O) groups is 1. The minimum absolute atomic E-state index is 0.0315. The van der Waals surface area contributed by atoms with Crippen LogP contribution in [-0.2, 0) is 29.0 Å². The molecule has 0 saturated carbocycles. The van der Waals surface area contributed by atoms with E-state index in [0.29, 0.717) is 19.6 Å². The Morgan fingerprint density at radius 2 is 2.33 bits per heavy atom. The molecule has 0 aliphatic carbocycles. The van der Waals surface area contributed by atoms with Crippen molar-refractivity contribution in [1.29, 1.82) is 0 Å². The van der Waals surface area contributed by atoms with Gasteiger partial charge in [0.2, 0.25) is 5.91 Å². The molecule has 116 valence electrons. The summed E-state index contributed by atoms with van der Waals surface area (Å²) in [6, 6.07) is 0.120. The predicted octanol–water partition coefficient (Wildman–Crippen LogP) is -0.000800. The van der Waals surface area contributed by atoms with Crippen molar-refractivity contribution in [3.63, 3.8) is 0 Å². The third kappa shape index (κ3) is 3.79. The molecule has 2 aliphatic heterocycles. The second-order valence-electron chi connectivity index (χ2n) is 5.70. The van der Waals surface area contributed by atoms with Crippen LogP contribution in [0.1, 0.15) is 37.3 Å². The fraction of sp³-hybridized carbons (Fsp3) is 0.786. The Balaban J connectivity index is 1.50. The molecule has 1 amide bonds. The van der Waals surface area contributed by atoms with Crippen molar-refractivity contribution in [2.45, 2.75) is 51.2 Å². The van der Waals surface area contributed by atoms with Gasteiger partial charge < -0.3 is 19.9 Å². The number of aryl methyl sites for hydroxylation is 1. The van der Waals surface area contributed by atoms with Gasteiger partial charge in [0.05, 0.1) is 19.8 Å². The average molecular weight is 293 g/mol. The van der Waals surface area contributed by atoms with Crippen molar-refractivity contribution >= 4 is 5.91 Å². The lowest BCUT2D eigenvalue weighted by Gasteiger charge is -2.23. The van der Waals surface area contributed by atoms with Crippen LogP contribution in [0.2, 0.25) is 0 Å². The first-order valence-electron chi connectivity index (χ1n) is 7.82. The fourth-order valence-corrected chi connectivity index (χ4v) is 2.90. The summed E-state index contributed by atoms with van der Waals surface area (Å²) < 4.78 is 7.51. The SMILES string of the molecule is O=C(CC1COCCN1)NCc1nnc2n1CCCCC2. The van der Waals surface area contributed by atoms with Gasteiger partial charge in [0.1, 0.15) is 5.82 Å². The van der Waals surface area contributed by atoms with Crippen molar-refractivity contribution in [3.05, 3.63) is 11.6 Å². The number of rotatable bonds is 4. The van der Waals surface area contributed by atoms with Crippen LogP contribution in [-0.4, -0.2) is 46.5 Å². The van der Waals surface area contributed by atoms with Crippen LogP contribution in [0.15, 0.2) is 0 Å². The first-order valence-corrected chi connectivity index (χ1v) is 7.82. The third-order valence-electron chi connectivity index (χ3n) is 4.06. The topological polar surface area (TPSA) is 81.1 Å². The molecule has 0 bridgehead atoms. The third-order valence-corrected chi connectivity index (χ3v) is 4.06. The van der Waals surface area contributed by atoms with E-state index >= 15 is 0 Å². The first-order chi connectivity index (χ1) is 10.3. The van der Waals surface area contributed by atoms with Crippen LogP contribution in [0.3, 0.4) is 0 Å². The number of nitrogens with one attached hydrogen (secondary N) is 2. The molecule has 2 aliphatic rings. The molecule has 1 fully saturated rings. The maximum Gasteiger partial charge on any atom is 0.222 e. The highest BCUT2D eigenvalue weighted by molar-refractivity contribution is 5.76. The smallest absolute Gasteiger partial charge is 0.222 e. The van der Waals surface area contributed by atoms with Crippen molar-refractivity contribution in [2.24, 2.45) is 0 Å². The summed E-state index contributed by atoms with van der Waals surface area (Å²) in [5.74, 6) is 1.95. The number of nitrogens with zero attached hydrogens (tertiary/aromatic N) is 3. The molecule has 7 heteroatoms. The number of morpholine rings is 1. The van der Waals surface area contributed by atoms with Gasteiger partial charge in [-0.15, -0.1) is 10.2 Å². The van der Waals surface area contributed by atoms with E-state index in [-0.39, 0.29) is 11.9 Å². The zero-order valence-corrected chi connectivity index (χ0v) is 12.3. The predicted molar refractivity (Wildman–Crippen MR) is 76.7 cm³/mol. The van der Waals surface area contributed by atoms with Gasteiger partial charge in [-0.2, -0.15) is 0 Å². The Morgan fingerprint density at radius 1 is 1.38 bits per heavy atom. The standard InChI is InChI=1S/C14H23N5O2/c20-14(8-11-10-21-7-5-15-11)16-9-13-18-17-12-4-2-1-3-6-19(12)13/h11,15H,1-10H2,(H,16,20). The lowest BCUT2D eigenvalue weighted by Crippen LogP contribution is -2.44. The van der Waals surface area contributed by atoms with E-state index in [1.807, 2.05) is 0 Å². The van der Waals surface area contributed by atoms with Crippen LogP contribution in [0.4, 0.5) is 0 Å². The quantitative estimate of drug-likeness (QED) is 0.816. The monoisotopic (exact) mass is 293 g/mol. The molecule has 1 aromatic rings. The van der Waals surface area contributed by atoms with Crippen LogP contribution >= 0.6 is 0 Å². The van der Waals surface area contributed by atoms with E-state index in [4.69, 9.17) is 4.74 Å². The second-order valence-corrected chi connectivity index (χ2v) is 5.70. The second kappa shape index (κ2) is 7.00. The molecule has 1 atom stereocenters. The largest absolute Gasteiger partial charge is 0.378 e. The number of ether oxygens (including phenoxy) is 1. The Labute approximate surface area is 124 Å². The molecular formula is C14H23N5O2. The fourth-order valence-electron chi connectivity index (χ4n) is 2.90. The van der Waals surface area contributed by atoms with E-state index in [2.05, 4.69) is 25.4 Å². The molecular weight excluding hydrogens is 270 g/mol. The Bertz CT molecular complexity index is 482. The lowest BCUT2D eigenvalue weighted by atomic mass is 10.2. The molecule has 7 nitrogen and oxygen atoms in total. The molecule has 2 N–H and O–H groups in total. The van der Waals surface area contributed by atoms with Gasteiger partial charge in [0.15, 0.2) is 5.82 Å². The number of amides is 1. The van der Waals surface area contributed by atoms with Gasteiger partial charge in [-0.25, -0.2) is 0 Å². The van der Waals surface area contributed by atoms with Crippen LogP contribution in [0.25, 0.3) is 0 Å². The minimum atomic E-state index is 0.0315. The van der Waals surface area contributed by atoms with E-state index in [1.165, 1.54) is 12.8 Å². The summed E-state index contributed by atoms with van der Waals surface area (Å²) in [6.07, 6.45) is 5.01. The van der Waals surface area contributed by atoms with Crippen LogP contribution in [0, 0.1) is 0 Å². The highest BCUT2D eigenvalue weighted by Gasteiger charge is 2.18. The Kier molecular flexibility index (Phi) is 4.82. The van der Waals surface area contributed by atoms with Gasteiger partial charge in [-0.05, 0) is 12.8 Å². The average Bonchev–Trinajstić information content (AvgIpc) is 2.73. The molecule has 1 aromatic heterocycles. The van der Waals surface area contributed by atoms with E-state index in [0.717, 1.165) is 44.2 Å². The van der Waals surface area contributed by atoms with Gasteiger partial charge in [-0.3, -0.25) is 4.79 Å². The number of hydrogen-bond donors (Lipinski definition) is 2. The lowest BCUT2D eigenvalue weighted by molar-refractivity contribution is -0.122. The molecule has 0 aromatic carbocycles. The van der Waals surface area contributed by atoms with E-state index < -0.39 is 0 Å². The summed E-state index contributed by atoms with van der Waals surface area (Å²) >= 11 is 0. The van der Waals surface area contributed by atoms with E-state index in [9.17, 15) is 4.79 Å². The Morgan fingerprint density at radius 3 is 3.19 bits per heavy atom. The summed E-state index contributed by atoms with van der Waals surface area (Å²) in [4.78, 5) is 12.0. The number of hydrogen-bond acceptors (Lipinski definition) is 5. The number of fused-ring (bicyclic) bond motifs is 1. The highest BCUT2D eigenvalue weighted by Crippen LogP contribution is 2.14. The van der Waals surface area contributed by atoms with Gasteiger partial charge in [0.25, 0.3) is 0 Å². The molecule has 1 unspecified atom stereocenters. The summed E-state index contributed by atoms with van der Waals surface area (Å²) in [5, 5.41) is 14.7. The zero-order valence-electron chi connectivity index (χ0n) is 12.3. The van der Waals surface area contributed by atoms with Crippen molar-refractivity contribution in [2.75, 3.05) is 19.8 Å². The van der Waals surface area contributed by atoms with Gasteiger partial charge in [-0.1, -0.05) is 6.42 Å². The zero-order chi connectivity index (χ0) is 14.5. The minimum Gasteiger partial charge on any atom is -0.378 e. The summed E-state index contributed by atoms with van der Waals surface area (Å²) in [7, 11) is 0. The van der Waals surface area contributed by atoms with Crippen molar-refractivity contribution in [3.8, 4) is 0 Å². The highest BCUT2D eigenvalue weighted by atomic mass is 16.5. The molecule has 3 rings (SSSR count). The van der Waals surface area contributed by atoms with E-state index in [1.54, 1.807) is 0 Å².